The van der Waals surface area contributed by atoms with Crippen LogP contribution in [0.3, 0.4) is 0 Å². The number of carbonyl (C=O) groups is 2. The molecule has 0 bridgehead atoms. The molecular weight excluding hydrogens is 536 g/mol. The van der Waals surface area contributed by atoms with Crippen molar-refractivity contribution in [1.82, 2.24) is 5.32 Å². The summed E-state index contributed by atoms with van der Waals surface area (Å²) in [7, 11) is -1.57. The number of anilines is 1. The molecule has 8 heteroatoms. The highest BCUT2D eigenvalue weighted by Crippen LogP contribution is 2.36. The third kappa shape index (κ3) is 6.16. The van der Waals surface area contributed by atoms with Crippen molar-refractivity contribution in [3.63, 3.8) is 0 Å². The molecule has 1 saturated carbocycles. The highest BCUT2D eigenvalue weighted by molar-refractivity contribution is 7.99. The van der Waals surface area contributed by atoms with Gasteiger partial charge in [0.2, 0.25) is 0 Å². The second-order valence-corrected chi connectivity index (χ2v) is 13.0. The lowest BCUT2D eigenvalue weighted by atomic mass is 10.0. The van der Waals surface area contributed by atoms with Gasteiger partial charge in [0.05, 0.1) is 38.4 Å². The van der Waals surface area contributed by atoms with Crippen molar-refractivity contribution in [1.29, 1.82) is 0 Å². The number of amides is 2. The van der Waals surface area contributed by atoms with Gasteiger partial charge in [0.25, 0.3) is 11.8 Å². The van der Waals surface area contributed by atoms with E-state index in [0.717, 1.165) is 23.0 Å². The summed E-state index contributed by atoms with van der Waals surface area (Å²) in [5.41, 5.74) is 2.15. The topological polar surface area (TPSA) is 66.5 Å². The normalized spacial score (nSPS) is 17.4. The van der Waals surface area contributed by atoms with E-state index in [1.54, 1.807) is 53.4 Å². The van der Waals surface area contributed by atoms with Gasteiger partial charge < -0.3 is 10.2 Å². The molecule has 3 aromatic carbocycles. The van der Waals surface area contributed by atoms with Crippen molar-refractivity contribution in [2.45, 2.75) is 60.1 Å². The average molecular weight is 567 g/mol. The predicted octanol–water partition coefficient (Wildman–Crippen LogP) is 6.85. The summed E-state index contributed by atoms with van der Waals surface area (Å²) >= 11 is 8.23. The molecule has 0 aromatic heterocycles. The first kappa shape index (κ1) is 27.0. The van der Waals surface area contributed by atoms with Gasteiger partial charge in [-0.05, 0) is 73.0 Å². The van der Waals surface area contributed by atoms with Crippen molar-refractivity contribution in [2.24, 2.45) is 0 Å². The maximum atomic E-state index is 13.7. The molecule has 0 spiro atoms. The number of fused-ring (bicyclic) bond motifs is 2. The fraction of sp³-hybridized carbons (Fsp3) is 0.333. The minimum absolute atomic E-state index is 0.196. The molecule has 3 aromatic rings. The number of carbonyl (C=O) groups excluding carboxylic acids is 2. The van der Waals surface area contributed by atoms with Crippen LogP contribution in [0.15, 0.2) is 76.5 Å². The summed E-state index contributed by atoms with van der Waals surface area (Å²) in [4.78, 5) is 29.4. The third-order valence-electron chi connectivity index (χ3n) is 7.02. The molecule has 5 nitrogen and oxygen atoms in total. The van der Waals surface area contributed by atoms with Crippen molar-refractivity contribution < 1.29 is 13.8 Å². The third-order valence-corrected chi connectivity index (χ3v) is 10.2. The van der Waals surface area contributed by atoms with Crippen molar-refractivity contribution in [2.75, 3.05) is 17.2 Å². The van der Waals surface area contributed by atoms with Crippen LogP contribution in [0.4, 0.5) is 5.69 Å². The zero-order valence-electron chi connectivity index (χ0n) is 21.2. The molecule has 38 heavy (non-hydrogen) atoms. The van der Waals surface area contributed by atoms with Gasteiger partial charge in [-0.3, -0.25) is 9.59 Å². The van der Waals surface area contributed by atoms with Crippen LogP contribution in [0.25, 0.3) is 0 Å². The first-order valence-corrected chi connectivity index (χ1v) is 15.7. The second kappa shape index (κ2) is 12.5. The highest BCUT2D eigenvalue weighted by atomic mass is 35.5. The van der Waals surface area contributed by atoms with Gasteiger partial charge in [0.15, 0.2) is 0 Å². The SMILES string of the molecule is O=C(NCCCSC1CCCCC1)c1ccc2c(c1)N(Cc1cccc(Cl)c1)C(=O)c1ccccc1[S@]2=O. The van der Waals surface area contributed by atoms with Gasteiger partial charge in [-0.1, -0.05) is 55.1 Å². The lowest BCUT2D eigenvalue weighted by molar-refractivity contribution is 0.0950. The van der Waals surface area contributed by atoms with Crippen LogP contribution in [0.5, 0.6) is 0 Å². The first-order chi connectivity index (χ1) is 18.5. The summed E-state index contributed by atoms with van der Waals surface area (Å²) in [5.74, 6) is 0.581. The van der Waals surface area contributed by atoms with E-state index < -0.39 is 10.8 Å². The number of benzene rings is 3. The van der Waals surface area contributed by atoms with Crippen LogP contribution in [-0.2, 0) is 17.3 Å². The van der Waals surface area contributed by atoms with Gasteiger partial charge in [0.1, 0.15) is 0 Å². The fourth-order valence-electron chi connectivity index (χ4n) is 5.04. The van der Waals surface area contributed by atoms with E-state index in [0.29, 0.717) is 38.2 Å². The van der Waals surface area contributed by atoms with Crippen molar-refractivity contribution >= 4 is 51.7 Å². The molecule has 0 unspecified atom stereocenters. The summed E-state index contributed by atoms with van der Waals surface area (Å²) in [6, 6.07) is 19.4. The molecule has 198 valence electrons. The van der Waals surface area contributed by atoms with Crippen LogP contribution in [0.1, 0.15) is 64.8 Å². The molecule has 0 saturated heterocycles. The standard InChI is InChI=1S/C30H31ClN2O3S2/c31-23-9-6-8-21(18-23)20-33-26-19-22(29(34)32-16-7-17-37-24-10-2-1-3-11-24)14-15-28(26)38(36)27-13-5-4-12-25(27)30(33)35/h4-6,8-9,12-15,18-19,24H,1-3,7,10-11,16-17,20H2,(H,32,34)/t38-/m1/s1. The fourth-order valence-corrected chi connectivity index (χ4v) is 7.91. The maximum absolute atomic E-state index is 13.7. The number of hydrogen-bond acceptors (Lipinski definition) is 4. The van der Waals surface area contributed by atoms with E-state index in [9.17, 15) is 13.8 Å². The van der Waals surface area contributed by atoms with Gasteiger partial charge in [-0.2, -0.15) is 11.8 Å². The number of nitrogens with one attached hydrogen (secondary N) is 1. The zero-order chi connectivity index (χ0) is 26.5. The lowest BCUT2D eigenvalue weighted by Crippen LogP contribution is -2.31. The van der Waals surface area contributed by atoms with Crippen LogP contribution >= 0.6 is 23.4 Å². The molecule has 5 rings (SSSR count). The average Bonchev–Trinajstić information content (AvgIpc) is 3.02. The molecule has 1 fully saturated rings. The summed E-state index contributed by atoms with van der Waals surface area (Å²) in [6.07, 6.45) is 7.55. The first-order valence-electron chi connectivity index (χ1n) is 13.1. The largest absolute Gasteiger partial charge is 0.352 e. The van der Waals surface area contributed by atoms with Crippen LogP contribution < -0.4 is 10.2 Å². The Morgan fingerprint density at radius 2 is 1.82 bits per heavy atom. The molecule has 1 aliphatic heterocycles. The Morgan fingerprint density at radius 3 is 2.63 bits per heavy atom. The number of hydrogen-bond donors (Lipinski definition) is 1. The second-order valence-electron chi connectivity index (χ2n) is 9.71. The van der Waals surface area contributed by atoms with Crippen molar-refractivity contribution in [3.8, 4) is 0 Å². The quantitative estimate of drug-likeness (QED) is 0.303. The Bertz CT molecular complexity index is 1360. The van der Waals surface area contributed by atoms with Gasteiger partial charge in [0, 0.05) is 22.4 Å². The molecule has 2 aliphatic rings. The predicted molar refractivity (Wildman–Crippen MR) is 156 cm³/mol. The molecular formula is C30H31ClN2O3S2. The smallest absolute Gasteiger partial charge is 0.259 e. The van der Waals surface area contributed by atoms with Gasteiger partial charge in [-0.25, -0.2) is 4.21 Å². The zero-order valence-corrected chi connectivity index (χ0v) is 23.5. The number of nitrogens with zero attached hydrogens (tertiary/aromatic N) is 1. The summed E-state index contributed by atoms with van der Waals surface area (Å²) < 4.78 is 13.6. The monoisotopic (exact) mass is 566 g/mol. The van der Waals surface area contributed by atoms with Gasteiger partial charge in [-0.15, -0.1) is 0 Å². The Balaban J connectivity index is 1.36. The molecule has 1 atom stereocenters. The Kier molecular flexibility index (Phi) is 8.87. The molecule has 1 N–H and O–H groups in total. The lowest BCUT2D eigenvalue weighted by Gasteiger charge is -2.24. The van der Waals surface area contributed by atoms with Crippen LogP contribution in [0, 0.1) is 0 Å². The maximum Gasteiger partial charge on any atom is 0.259 e. The van der Waals surface area contributed by atoms with E-state index in [-0.39, 0.29) is 18.4 Å². The van der Waals surface area contributed by atoms with E-state index in [1.807, 2.05) is 30.0 Å². The molecule has 2 amide bonds. The van der Waals surface area contributed by atoms with E-state index in [2.05, 4.69) is 5.32 Å². The Hall–Kier alpha value is -2.61. The molecule has 1 aliphatic carbocycles. The minimum Gasteiger partial charge on any atom is -0.352 e. The number of halogens is 1. The Morgan fingerprint density at radius 1 is 1.00 bits per heavy atom. The number of thioether (sulfide) groups is 1. The molecule has 0 radical (unpaired) electrons. The molecule has 1 heterocycles. The van der Waals surface area contributed by atoms with Crippen LogP contribution in [-0.4, -0.2) is 33.6 Å². The van der Waals surface area contributed by atoms with E-state index >= 15 is 0 Å². The minimum atomic E-state index is -1.57. The van der Waals surface area contributed by atoms with Crippen LogP contribution in [0.2, 0.25) is 5.02 Å². The number of rotatable bonds is 8. The van der Waals surface area contributed by atoms with Crippen molar-refractivity contribution in [3.05, 3.63) is 88.4 Å². The van der Waals surface area contributed by atoms with Gasteiger partial charge >= 0.3 is 0 Å². The van der Waals surface area contributed by atoms with E-state index in [1.165, 1.54) is 32.1 Å². The summed E-state index contributed by atoms with van der Waals surface area (Å²) in [6.45, 7) is 0.833. The Labute approximate surface area is 235 Å². The summed E-state index contributed by atoms with van der Waals surface area (Å²) in [5, 5.41) is 4.36. The van der Waals surface area contributed by atoms with E-state index in [4.69, 9.17) is 11.6 Å². The highest BCUT2D eigenvalue weighted by Gasteiger charge is 2.31.